The van der Waals surface area contributed by atoms with Gasteiger partial charge in [-0.25, -0.2) is 4.98 Å². The predicted molar refractivity (Wildman–Crippen MR) is 94.6 cm³/mol. The molecule has 2 heterocycles. The third kappa shape index (κ3) is 5.20. The van der Waals surface area contributed by atoms with E-state index in [9.17, 15) is 14.4 Å². The fourth-order valence-electron chi connectivity index (χ4n) is 2.32. The molecule has 3 amide bonds. The second kappa shape index (κ2) is 8.87. The minimum Gasteiger partial charge on any atom is -0.367 e. The van der Waals surface area contributed by atoms with Crippen molar-refractivity contribution in [2.24, 2.45) is 0 Å². The van der Waals surface area contributed by atoms with Gasteiger partial charge in [-0.05, 0) is 13.0 Å². The van der Waals surface area contributed by atoms with Gasteiger partial charge in [-0.1, -0.05) is 23.2 Å². The lowest BCUT2D eigenvalue weighted by molar-refractivity contribution is -0.156. The van der Waals surface area contributed by atoms with E-state index in [2.05, 4.69) is 15.6 Å². The quantitative estimate of drug-likeness (QED) is 0.527. The summed E-state index contributed by atoms with van der Waals surface area (Å²) in [6, 6.07) is 1.57. The number of hydrogen-bond acceptors (Lipinski definition) is 5. The van der Waals surface area contributed by atoms with Gasteiger partial charge in [-0.15, -0.1) is 0 Å². The zero-order chi connectivity index (χ0) is 18.4. The van der Waals surface area contributed by atoms with E-state index < -0.39 is 11.8 Å². The van der Waals surface area contributed by atoms with Gasteiger partial charge in [-0.2, -0.15) is 0 Å². The summed E-state index contributed by atoms with van der Waals surface area (Å²) in [7, 11) is 0. The molecule has 10 heteroatoms. The molecule has 2 N–H and O–H groups in total. The molecule has 0 bridgehead atoms. The van der Waals surface area contributed by atoms with Crippen molar-refractivity contribution < 1.29 is 14.4 Å². The summed E-state index contributed by atoms with van der Waals surface area (Å²) in [5, 5.41) is 6.47. The molecule has 1 aromatic rings. The van der Waals surface area contributed by atoms with E-state index in [1.807, 2.05) is 6.92 Å². The van der Waals surface area contributed by atoms with E-state index in [1.165, 1.54) is 16.0 Å². The molecule has 0 spiro atoms. The highest BCUT2D eigenvalue weighted by molar-refractivity contribution is 6.36. The molecule has 25 heavy (non-hydrogen) atoms. The van der Waals surface area contributed by atoms with Crippen LogP contribution >= 0.6 is 23.2 Å². The summed E-state index contributed by atoms with van der Waals surface area (Å²) < 4.78 is 0. The Hall–Kier alpha value is -2.06. The number of anilines is 1. The summed E-state index contributed by atoms with van der Waals surface area (Å²) >= 11 is 11.7. The van der Waals surface area contributed by atoms with Crippen molar-refractivity contribution >= 4 is 46.7 Å². The fraction of sp³-hybridized carbons (Fsp3) is 0.467. The van der Waals surface area contributed by atoms with Gasteiger partial charge in [0.25, 0.3) is 0 Å². The number of carbonyl (C=O) groups is 3. The second-order valence-corrected chi connectivity index (χ2v) is 6.22. The van der Waals surface area contributed by atoms with Crippen LogP contribution in [-0.2, 0) is 14.4 Å². The molecule has 0 saturated carbocycles. The van der Waals surface area contributed by atoms with Crippen molar-refractivity contribution in [3.63, 3.8) is 0 Å². The monoisotopic (exact) mass is 387 g/mol. The zero-order valence-electron chi connectivity index (χ0n) is 13.7. The number of aromatic nitrogens is 1. The maximum absolute atomic E-state index is 11.9. The van der Waals surface area contributed by atoms with Crippen molar-refractivity contribution in [1.29, 1.82) is 0 Å². The third-order valence-electron chi connectivity index (χ3n) is 3.66. The van der Waals surface area contributed by atoms with Crippen LogP contribution in [0, 0.1) is 0 Å². The molecule has 1 fully saturated rings. The average molecular weight is 388 g/mol. The van der Waals surface area contributed by atoms with Gasteiger partial charge >= 0.3 is 11.8 Å². The molecule has 0 aromatic carbocycles. The van der Waals surface area contributed by atoms with Gasteiger partial charge in [0.2, 0.25) is 5.91 Å². The number of likely N-dealkylation sites (N-methyl/N-ethyl adjacent to an activating group) is 1. The Balaban J connectivity index is 1.72. The van der Waals surface area contributed by atoms with Gasteiger partial charge in [0.15, 0.2) is 0 Å². The lowest BCUT2D eigenvalue weighted by Crippen LogP contribution is -2.56. The number of halogens is 2. The van der Waals surface area contributed by atoms with Gasteiger partial charge in [0.05, 0.1) is 10.0 Å². The van der Waals surface area contributed by atoms with Crippen LogP contribution in [0.15, 0.2) is 12.3 Å². The fourth-order valence-corrected chi connectivity index (χ4v) is 2.77. The second-order valence-electron chi connectivity index (χ2n) is 5.37. The van der Waals surface area contributed by atoms with Crippen molar-refractivity contribution in [2.75, 3.05) is 44.6 Å². The number of nitrogens with zero attached hydrogens (tertiary/aromatic N) is 3. The van der Waals surface area contributed by atoms with Crippen LogP contribution in [0.1, 0.15) is 6.92 Å². The van der Waals surface area contributed by atoms with E-state index in [4.69, 9.17) is 23.2 Å². The average Bonchev–Trinajstić information content (AvgIpc) is 2.57. The van der Waals surface area contributed by atoms with E-state index in [1.54, 1.807) is 6.07 Å². The number of pyridine rings is 1. The molecule has 8 nitrogen and oxygen atoms in total. The van der Waals surface area contributed by atoms with Gasteiger partial charge in [0.1, 0.15) is 12.4 Å². The number of piperazine rings is 1. The minimum atomic E-state index is -0.640. The minimum absolute atomic E-state index is 0.137. The largest absolute Gasteiger partial charge is 0.367 e. The SMILES string of the molecule is CCN1CCN(CC(=O)NCCNc2ncc(Cl)cc2Cl)C(=O)C1=O. The Morgan fingerprint density at radius 3 is 2.56 bits per heavy atom. The molecule has 1 aliphatic heterocycles. The molecule has 1 aromatic heterocycles. The third-order valence-corrected chi connectivity index (χ3v) is 4.16. The Morgan fingerprint density at radius 2 is 1.88 bits per heavy atom. The maximum Gasteiger partial charge on any atom is 0.312 e. The van der Waals surface area contributed by atoms with Gasteiger partial charge in [-0.3, -0.25) is 14.4 Å². The lowest BCUT2D eigenvalue weighted by atomic mass is 10.3. The van der Waals surface area contributed by atoms with Crippen LogP contribution in [0.25, 0.3) is 0 Å². The highest BCUT2D eigenvalue weighted by Crippen LogP contribution is 2.21. The summed E-state index contributed by atoms with van der Waals surface area (Å²) in [4.78, 5) is 42.4. The first-order valence-corrected chi connectivity index (χ1v) is 8.57. The zero-order valence-corrected chi connectivity index (χ0v) is 15.2. The van der Waals surface area contributed by atoms with Crippen LogP contribution in [-0.4, -0.2) is 71.8 Å². The first-order chi connectivity index (χ1) is 11.9. The molecule has 0 unspecified atom stereocenters. The van der Waals surface area contributed by atoms with Crippen molar-refractivity contribution in [1.82, 2.24) is 20.1 Å². The molecule has 0 radical (unpaired) electrons. The molecule has 1 aliphatic rings. The Morgan fingerprint density at radius 1 is 1.20 bits per heavy atom. The molecule has 2 rings (SSSR count). The Labute approximate surface area is 155 Å². The first-order valence-electron chi connectivity index (χ1n) is 7.82. The first kappa shape index (κ1) is 19.3. The van der Waals surface area contributed by atoms with E-state index in [-0.39, 0.29) is 12.5 Å². The Bertz CT molecular complexity index is 671. The standard InChI is InChI=1S/C15H19Cl2N5O3/c1-2-21-5-6-22(15(25)14(21)24)9-12(23)18-3-4-19-13-11(17)7-10(16)8-20-13/h7-8H,2-6,9H2,1H3,(H,18,23)(H,19,20). The topological polar surface area (TPSA) is 94.6 Å². The summed E-state index contributed by atoms with van der Waals surface area (Å²) in [6.07, 6.45) is 1.47. The Kier molecular flexibility index (Phi) is 6.83. The molecule has 1 saturated heterocycles. The highest BCUT2D eigenvalue weighted by atomic mass is 35.5. The number of nitrogens with one attached hydrogen (secondary N) is 2. The van der Waals surface area contributed by atoms with Crippen LogP contribution in [0.5, 0.6) is 0 Å². The van der Waals surface area contributed by atoms with Crippen LogP contribution in [0.4, 0.5) is 5.82 Å². The molecule has 0 atom stereocenters. The number of amides is 3. The van der Waals surface area contributed by atoms with Crippen LogP contribution < -0.4 is 10.6 Å². The van der Waals surface area contributed by atoms with Gasteiger partial charge < -0.3 is 20.4 Å². The molecule has 136 valence electrons. The van der Waals surface area contributed by atoms with E-state index in [0.717, 1.165) is 0 Å². The predicted octanol–water partition coefficient (Wildman–Crippen LogP) is 0.607. The maximum atomic E-state index is 11.9. The van der Waals surface area contributed by atoms with Crippen molar-refractivity contribution in [3.8, 4) is 0 Å². The van der Waals surface area contributed by atoms with Gasteiger partial charge in [0, 0.05) is 38.9 Å². The van der Waals surface area contributed by atoms with Crippen LogP contribution in [0.3, 0.4) is 0 Å². The number of rotatable bonds is 7. The van der Waals surface area contributed by atoms with Crippen LogP contribution in [0.2, 0.25) is 10.0 Å². The van der Waals surface area contributed by atoms with Crippen molar-refractivity contribution in [2.45, 2.75) is 6.92 Å². The van der Waals surface area contributed by atoms with E-state index in [0.29, 0.717) is 48.6 Å². The normalized spacial score (nSPS) is 14.7. The smallest absolute Gasteiger partial charge is 0.312 e. The summed E-state index contributed by atoms with van der Waals surface area (Å²) in [5.74, 6) is -1.06. The molecule has 0 aliphatic carbocycles. The number of carbonyl (C=O) groups excluding carboxylic acids is 3. The number of hydrogen-bond donors (Lipinski definition) is 2. The lowest BCUT2D eigenvalue weighted by Gasteiger charge is -2.32. The summed E-state index contributed by atoms with van der Waals surface area (Å²) in [5.41, 5.74) is 0. The van der Waals surface area contributed by atoms with Crippen molar-refractivity contribution in [3.05, 3.63) is 22.3 Å². The molecular weight excluding hydrogens is 369 g/mol. The van der Waals surface area contributed by atoms with E-state index >= 15 is 0 Å². The summed E-state index contributed by atoms with van der Waals surface area (Å²) in [6.45, 7) is 3.67. The molecular formula is C15H19Cl2N5O3. The highest BCUT2D eigenvalue weighted by Gasteiger charge is 2.32.